The number of hydrogen-bond acceptors (Lipinski definition) is 4. The monoisotopic (exact) mass is 299 g/mol. The minimum Gasteiger partial charge on any atom is -0.492 e. The van der Waals surface area contributed by atoms with Crippen LogP contribution in [0.5, 0.6) is 5.75 Å². The smallest absolute Gasteiger partial charge is 0.307 e. The number of nitrogens with zero attached hydrogens (tertiary/aromatic N) is 1. The molecule has 0 radical (unpaired) electrons. The van der Waals surface area contributed by atoms with Gasteiger partial charge in [-0.25, -0.2) is 12.7 Å². The molecule has 0 amide bonds. The maximum atomic E-state index is 12.0. The molecule has 0 aromatic heterocycles. The molecular weight excluding hydrogens is 282 g/mol. The maximum absolute atomic E-state index is 12.0. The molecule has 1 aromatic carbocycles. The van der Waals surface area contributed by atoms with Crippen molar-refractivity contribution in [2.75, 3.05) is 25.4 Å². The largest absolute Gasteiger partial charge is 0.492 e. The molecule has 1 N–H and O–H groups in total. The van der Waals surface area contributed by atoms with Gasteiger partial charge in [0.2, 0.25) is 10.0 Å². The third-order valence-electron chi connectivity index (χ3n) is 3.25. The zero-order valence-corrected chi connectivity index (χ0v) is 11.8. The van der Waals surface area contributed by atoms with E-state index in [4.69, 9.17) is 9.84 Å². The van der Waals surface area contributed by atoms with Crippen LogP contribution in [-0.2, 0) is 14.8 Å². The zero-order chi connectivity index (χ0) is 14.6. The maximum Gasteiger partial charge on any atom is 0.307 e. The van der Waals surface area contributed by atoms with Crippen LogP contribution in [0.15, 0.2) is 30.3 Å². The summed E-state index contributed by atoms with van der Waals surface area (Å²) >= 11 is 0. The first-order valence-electron chi connectivity index (χ1n) is 6.37. The second-order valence-corrected chi connectivity index (χ2v) is 6.75. The van der Waals surface area contributed by atoms with Gasteiger partial charge in [0, 0.05) is 13.1 Å². The molecule has 20 heavy (non-hydrogen) atoms. The Morgan fingerprint density at radius 1 is 1.35 bits per heavy atom. The van der Waals surface area contributed by atoms with Gasteiger partial charge in [-0.1, -0.05) is 18.2 Å². The molecule has 1 saturated heterocycles. The molecule has 1 heterocycles. The van der Waals surface area contributed by atoms with Crippen LogP contribution < -0.4 is 4.74 Å². The Bertz CT molecular complexity index is 557. The Balaban J connectivity index is 1.84. The SMILES string of the molecule is O=C(O)C1CCN(S(=O)(=O)CCOc2ccccc2)C1. The van der Waals surface area contributed by atoms with Gasteiger partial charge in [-0.15, -0.1) is 0 Å². The van der Waals surface area contributed by atoms with Crippen LogP contribution in [0, 0.1) is 5.92 Å². The van der Waals surface area contributed by atoms with Crippen molar-refractivity contribution in [3.8, 4) is 5.75 Å². The standard InChI is InChI=1S/C13H17NO5S/c15-13(16)11-6-7-14(10-11)20(17,18)9-8-19-12-4-2-1-3-5-12/h1-5,11H,6-10H2,(H,15,16). The second-order valence-electron chi connectivity index (χ2n) is 4.66. The van der Waals surface area contributed by atoms with E-state index in [0.29, 0.717) is 12.2 Å². The number of aliphatic carboxylic acids is 1. The highest BCUT2D eigenvalue weighted by Crippen LogP contribution is 2.20. The van der Waals surface area contributed by atoms with E-state index < -0.39 is 21.9 Å². The van der Waals surface area contributed by atoms with Crippen LogP contribution in [0.2, 0.25) is 0 Å². The molecule has 1 aliphatic heterocycles. The Morgan fingerprint density at radius 3 is 2.65 bits per heavy atom. The number of sulfonamides is 1. The quantitative estimate of drug-likeness (QED) is 0.840. The molecule has 6 nitrogen and oxygen atoms in total. The number of rotatable bonds is 6. The van der Waals surface area contributed by atoms with Crippen molar-refractivity contribution in [2.24, 2.45) is 5.92 Å². The minimum absolute atomic E-state index is 0.0561. The van der Waals surface area contributed by atoms with Crippen molar-refractivity contribution in [3.63, 3.8) is 0 Å². The van der Waals surface area contributed by atoms with Crippen molar-refractivity contribution in [1.82, 2.24) is 4.31 Å². The fourth-order valence-electron chi connectivity index (χ4n) is 2.09. The first-order valence-corrected chi connectivity index (χ1v) is 7.98. The normalized spacial score (nSPS) is 19.9. The molecule has 2 rings (SSSR count). The summed E-state index contributed by atoms with van der Waals surface area (Å²) in [6.45, 7) is 0.383. The molecule has 110 valence electrons. The van der Waals surface area contributed by atoms with E-state index >= 15 is 0 Å². The lowest BCUT2D eigenvalue weighted by molar-refractivity contribution is -0.141. The highest BCUT2D eigenvalue weighted by molar-refractivity contribution is 7.89. The van der Waals surface area contributed by atoms with Gasteiger partial charge in [0.05, 0.1) is 11.7 Å². The van der Waals surface area contributed by atoms with Gasteiger partial charge >= 0.3 is 5.97 Å². The fraction of sp³-hybridized carbons (Fsp3) is 0.462. The molecule has 1 aromatic rings. The van der Waals surface area contributed by atoms with E-state index in [1.807, 2.05) is 18.2 Å². The van der Waals surface area contributed by atoms with Crippen LogP contribution in [0.25, 0.3) is 0 Å². The first kappa shape index (κ1) is 14.8. The fourth-order valence-corrected chi connectivity index (χ4v) is 3.44. The summed E-state index contributed by atoms with van der Waals surface area (Å²) in [4.78, 5) is 10.8. The molecule has 1 unspecified atom stereocenters. The predicted octanol–water partition coefficient (Wildman–Crippen LogP) is 0.802. The second kappa shape index (κ2) is 6.23. The Hall–Kier alpha value is -1.60. The van der Waals surface area contributed by atoms with Crippen molar-refractivity contribution in [2.45, 2.75) is 6.42 Å². The summed E-state index contributed by atoms with van der Waals surface area (Å²) in [5.74, 6) is -1.07. The molecular formula is C13H17NO5S. The van der Waals surface area contributed by atoms with Crippen LogP contribution in [0.4, 0.5) is 0 Å². The van der Waals surface area contributed by atoms with Crippen LogP contribution in [0.3, 0.4) is 0 Å². The highest BCUT2D eigenvalue weighted by Gasteiger charge is 2.34. The molecule has 0 bridgehead atoms. The van der Waals surface area contributed by atoms with Crippen molar-refractivity contribution < 1.29 is 23.1 Å². The molecule has 1 fully saturated rings. The lowest BCUT2D eigenvalue weighted by Gasteiger charge is -2.16. The van der Waals surface area contributed by atoms with Crippen molar-refractivity contribution >= 4 is 16.0 Å². The summed E-state index contributed by atoms with van der Waals surface area (Å²) in [7, 11) is -3.45. The van der Waals surface area contributed by atoms with Gasteiger partial charge < -0.3 is 9.84 Å². The number of hydrogen-bond donors (Lipinski definition) is 1. The first-order chi connectivity index (χ1) is 9.49. The number of benzene rings is 1. The molecule has 0 spiro atoms. The van der Waals surface area contributed by atoms with Gasteiger partial charge in [0.1, 0.15) is 12.4 Å². The number of ether oxygens (including phenoxy) is 1. The van der Waals surface area contributed by atoms with Gasteiger partial charge in [-0.3, -0.25) is 4.79 Å². The van der Waals surface area contributed by atoms with Crippen LogP contribution in [0.1, 0.15) is 6.42 Å². The molecule has 7 heteroatoms. The lowest BCUT2D eigenvalue weighted by atomic mass is 10.1. The van der Waals surface area contributed by atoms with Crippen molar-refractivity contribution in [3.05, 3.63) is 30.3 Å². The number of carboxylic acids is 1. The minimum atomic E-state index is -3.45. The topological polar surface area (TPSA) is 83.9 Å². The average molecular weight is 299 g/mol. The molecule has 1 aliphatic rings. The summed E-state index contributed by atoms with van der Waals surface area (Å²) in [5.41, 5.74) is 0. The van der Waals surface area contributed by atoms with E-state index in [-0.39, 0.29) is 25.4 Å². The third kappa shape index (κ3) is 3.71. The van der Waals surface area contributed by atoms with Gasteiger partial charge in [0.25, 0.3) is 0 Å². The average Bonchev–Trinajstić information content (AvgIpc) is 2.90. The summed E-state index contributed by atoms with van der Waals surface area (Å²) in [6.07, 6.45) is 0.369. The highest BCUT2D eigenvalue weighted by atomic mass is 32.2. The number of para-hydroxylation sites is 1. The molecule has 0 saturated carbocycles. The summed E-state index contributed by atoms with van der Waals surface area (Å²) in [6, 6.07) is 8.97. The number of carboxylic acid groups (broad SMARTS) is 1. The van der Waals surface area contributed by atoms with Gasteiger partial charge in [-0.05, 0) is 18.6 Å². The predicted molar refractivity (Wildman–Crippen MR) is 73.0 cm³/mol. The van der Waals surface area contributed by atoms with Crippen LogP contribution >= 0.6 is 0 Å². The molecule has 0 aliphatic carbocycles. The van der Waals surface area contributed by atoms with Gasteiger partial charge in [-0.2, -0.15) is 0 Å². The third-order valence-corrected chi connectivity index (χ3v) is 5.05. The zero-order valence-electron chi connectivity index (χ0n) is 10.9. The Labute approximate surface area is 118 Å². The molecule has 1 atom stereocenters. The van der Waals surface area contributed by atoms with Crippen LogP contribution in [-0.4, -0.2) is 49.2 Å². The number of carbonyl (C=O) groups is 1. The van der Waals surface area contributed by atoms with Gasteiger partial charge in [0.15, 0.2) is 0 Å². The van der Waals surface area contributed by atoms with E-state index in [2.05, 4.69) is 0 Å². The summed E-state index contributed by atoms with van der Waals surface area (Å²) in [5, 5.41) is 8.88. The van der Waals surface area contributed by atoms with E-state index in [9.17, 15) is 13.2 Å². The van der Waals surface area contributed by atoms with Crippen molar-refractivity contribution in [1.29, 1.82) is 0 Å². The van der Waals surface area contributed by atoms with E-state index in [0.717, 1.165) is 0 Å². The van der Waals surface area contributed by atoms with E-state index in [1.165, 1.54) is 4.31 Å². The lowest BCUT2D eigenvalue weighted by Crippen LogP contribution is -2.33. The Morgan fingerprint density at radius 2 is 2.05 bits per heavy atom. The summed E-state index contributed by atoms with van der Waals surface area (Å²) < 4.78 is 30.7. The Kier molecular flexibility index (Phi) is 4.61. The van der Waals surface area contributed by atoms with E-state index in [1.54, 1.807) is 12.1 Å².